The van der Waals surface area contributed by atoms with E-state index in [1.807, 2.05) is 38.1 Å². The minimum atomic E-state index is -0.275. The van der Waals surface area contributed by atoms with E-state index in [2.05, 4.69) is 0 Å². The minimum absolute atomic E-state index is 0.224. The van der Waals surface area contributed by atoms with Crippen LogP contribution in [-0.2, 0) is 14.3 Å². The minimum Gasteiger partial charge on any atom is -0.469 e. The summed E-state index contributed by atoms with van der Waals surface area (Å²) < 4.78 is 4.76. The molecule has 1 saturated heterocycles. The molecule has 3 nitrogen and oxygen atoms in total. The van der Waals surface area contributed by atoms with Crippen molar-refractivity contribution in [2.45, 2.75) is 26.2 Å². The van der Waals surface area contributed by atoms with E-state index in [4.69, 9.17) is 4.74 Å². The number of Topliss-reactive ketones (excluding diaryl/α,β-unsaturated/α-hetero) is 1. The molecule has 1 atom stereocenters. The summed E-state index contributed by atoms with van der Waals surface area (Å²) >= 11 is 1.61. The zero-order valence-corrected chi connectivity index (χ0v) is 12.8. The number of thioether (sulfide) groups is 1. The number of hydrogen-bond acceptors (Lipinski definition) is 4. The molecular formula is C16H18O3S. The highest BCUT2D eigenvalue weighted by Gasteiger charge is 2.19. The number of esters is 1. The van der Waals surface area contributed by atoms with Crippen LogP contribution in [0.3, 0.4) is 0 Å². The van der Waals surface area contributed by atoms with Crippen LogP contribution < -0.4 is 0 Å². The lowest BCUT2D eigenvalue weighted by Gasteiger charge is -2.11. The number of ketones is 1. The van der Waals surface area contributed by atoms with E-state index in [0.717, 1.165) is 27.3 Å². The standard InChI is InChI=1S/C16H18O3S/c1-10-8-13(11(2)16(18)19-3)5-4-12(10)9-15-14(17)6-7-20-15/h4-5,8-9,11H,6-7H2,1-3H3/b15-9-. The lowest BCUT2D eigenvalue weighted by molar-refractivity contribution is -0.142. The fourth-order valence-corrected chi connectivity index (χ4v) is 3.14. The lowest BCUT2D eigenvalue weighted by atomic mass is 9.96. The van der Waals surface area contributed by atoms with Gasteiger partial charge in [0.2, 0.25) is 0 Å². The molecule has 0 aromatic heterocycles. The summed E-state index contributed by atoms with van der Waals surface area (Å²) in [6.45, 7) is 3.82. The number of carbonyl (C=O) groups is 2. The van der Waals surface area contributed by atoms with Crippen LogP contribution in [0.5, 0.6) is 0 Å². The van der Waals surface area contributed by atoms with Gasteiger partial charge in [0, 0.05) is 12.2 Å². The summed E-state index contributed by atoms with van der Waals surface area (Å²) in [5.74, 6) is 0.586. The molecule has 1 aliphatic rings. The van der Waals surface area contributed by atoms with Gasteiger partial charge in [-0.3, -0.25) is 9.59 Å². The number of rotatable bonds is 3. The van der Waals surface area contributed by atoms with E-state index in [0.29, 0.717) is 6.42 Å². The highest BCUT2D eigenvalue weighted by atomic mass is 32.2. The number of allylic oxidation sites excluding steroid dienone is 1. The van der Waals surface area contributed by atoms with Crippen molar-refractivity contribution < 1.29 is 14.3 Å². The molecule has 106 valence electrons. The Morgan fingerprint density at radius 2 is 2.20 bits per heavy atom. The van der Waals surface area contributed by atoms with Crippen LogP contribution >= 0.6 is 11.8 Å². The summed E-state index contributed by atoms with van der Waals surface area (Å²) in [6, 6.07) is 5.87. The van der Waals surface area contributed by atoms with Crippen molar-refractivity contribution in [1.29, 1.82) is 0 Å². The topological polar surface area (TPSA) is 43.4 Å². The molecule has 2 rings (SSSR count). The van der Waals surface area contributed by atoms with Gasteiger partial charge in [-0.1, -0.05) is 18.2 Å². The van der Waals surface area contributed by atoms with Gasteiger partial charge in [0.25, 0.3) is 0 Å². The van der Waals surface area contributed by atoms with Crippen molar-refractivity contribution in [3.8, 4) is 0 Å². The lowest BCUT2D eigenvalue weighted by Crippen LogP contribution is -2.10. The van der Waals surface area contributed by atoms with Gasteiger partial charge in [0.15, 0.2) is 5.78 Å². The fourth-order valence-electron chi connectivity index (χ4n) is 2.16. The number of hydrogen-bond donors (Lipinski definition) is 0. The monoisotopic (exact) mass is 290 g/mol. The first-order chi connectivity index (χ1) is 9.52. The van der Waals surface area contributed by atoms with Gasteiger partial charge in [-0.25, -0.2) is 0 Å². The Morgan fingerprint density at radius 1 is 1.45 bits per heavy atom. The van der Waals surface area contributed by atoms with Crippen molar-refractivity contribution in [3.05, 3.63) is 39.8 Å². The van der Waals surface area contributed by atoms with Crippen LogP contribution in [0, 0.1) is 6.92 Å². The van der Waals surface area contributed by atoms with Crippen molar-refractivity contribution in [3.63, 3.8) is 0 Å². The molecule has 0 saturated carbocycles. The van der Waals surface area contributed by atoms with Crippen LogP contribution in [0.25, 0.3) is 6.08 Å². The number of methoxy groups -OCH3 is 1. The number of benzene rings is 1. The molecule has 0 aliphatic carbocycles. The third kappa shape index (κ3) is 3.12. The number of ether oxygens (including phenoxy) is 1. The third-order valence-electron chi connectivity index (χ3n) is 3.50. The summed E-state index contributed by atoms with van der Waals surface area (Å²) in [6.07, 6.45) is 2.58. The molecule has 1 aromatic carbocycles. The van der Waals surface area contributed by atoms with Crippen molar-refractivity contribution in [2.24, 2.45) is 0 Å². The predicted molar refractivity (Wildman–Crippen MR) is 81.7 cm³/mol. The van der Waals surface area contributed by atoms with E-state index < -0.39 is 0 Å². The first kappa shape index (κ1) is 14.9. The first-order valence-corrected chi connectivity index (χ1v) is 7.57. The highest BCUT2D eigenvalue weighted by molar-refractivity contribution is 8.04. The van der Waals surface area contributed by atoms with Gasteiger partial charge in [-0.05, 0) is 36.6 Å². The van der Waals surface area contributed by atoms with Crippen LogP contribution in [0.2, 0.25) is 0 Å². The Bertz CT molecular complexity index is 575. The molecule has 1 unspecified atom stereocenters. The van der Waals surface area contributed by atoms with Gasteiger partial charge >= 0.3 is 5.97 Å². The van der Waals surface area contributed by atoms with Crippen molar-refractivity contribution in [1.82, 2.24) is 0 Å². The number of aryl methyl sites for hydroxylation is 1. The molecule has 0 spiro atoms. The Hall–Kier alpha value is -1.55. The Balaban J connectivity index is 2.26. The fraction of sp³-hybridized carbons (Fsp3) is 0.375. The van der Waals surface area contributed by atoms with Crippen molar-refractivity contribution >= 4 is 29.6 Å². The largest absolute Gasteiger partial charge is 0.469 e. The van der Waals surface area contributed by atoms with Gasteiger partial charge in [0.05, 0.1) is 17.9 Å². The molecule has 0 N–H and O–H groups in total. The molecule has 20 heavy (non-hydrogen) atoms. The van der Waals surface area contributed by atoms with Gasteiger partial charge in [-0.2, -0.15) is 0 Å². The maximum atomic E-state index is 11.6. The molecule has 0 bridgehead atoms. The first-order valence-electron chi connectivity index (χ1n) is 6.59. The van der Waals surface area contributed by atoms with Crippen LogP contribution in [-0.4, -0.2) is 24.6 Å². The summed E-state index contributed by atoms with van der Waals surface area (Å²) in [5, 5.41) is 0. The van der Waals surface area contributed by atoms with Gasteiger partial charge in [-0.15, -0.1) is 11.8 Å². The van der Waals surface area contributed by atoms with E-state index in [-0.39, 0.29) is 17.7 Å². The SMILES string of the molecule is COC(=O)C(C)c1ccc(/C=C2\SCCC2=O)c(C)c1. The molecule has 0 amide bonds. The molecule has 1 heterocycles. The molecular weight excluding hydrogens is 272 g/mol. The number of carbonyl (C=O) groups excluding carboxylic acids is 2. The van der Waals surface area contributed by atoms with Gasteiger partial charge < -0.3 is 4.74 Å². The summed E-state index contributed by atoms with van der Waals surface area (Å²) in [4.78, 5) is 24.0. The van der Waals surface area contributed by atoms with E-state index in [1.54, 1.807) is 11.8 Å². The third-order valence-corrected chi connectivity index (χ3v) is 4.56. The van der Waals surface area contributed by atoms with Crippen molar-refractivity contribution in [2.75, 3.05) is 12.9 Å². The average Bonchev–Trinajstić information content (AvgIpc) is 2.84. The second-order valence-corrected chi connectivity index (χ2v) is 6.03. The average molecular weight is 290 g/mol. The Labute approximate surface area is 123 Å². The smallest absolute Gasteiger partial charge is 0.312 e. The summed E-state index contributed by atoms with van der Waals surface area (Å²) in [7, 11) is 1.40. The second kappa shape index (κ2) is 6.27. The zero-order valence-electron chi connectivity index (χ0n) is 11.9. The molecule has 4 heteroatoms. The van der Waals surface area contributed by atoms with E-state index in [9.17, 15) is 9.59 Å². The Kier molecular flexibility index (Phi) is 4.65. The van der Waals surface area contributed by atoms with Crippen LogP contribution in [0.15, 0.2) is 23.1 Å². The zero-order chi connectivity index (χ0) is 14.7. The van der Waals surface area contributed by atoms with Crippen LogP contribution in [0.4, 0.5) is 0 Å². The van der Waals surface area contributed by atoms with Crippen LogP contribution in [0.1, 0.15) is 36.0 Å². The predicted octanol–water partition coefficient (Wildman–Crippen LogP) is 3.32. The maximum Gasteiger partial charge on any atom is 0.312 e. The molecule has 0 radical (unpaired) electrons. The molecule has 1 aromatic rings. The molecule has 1 fully saturated rings. The Morgan fingerprint density at radius 3 is 2.75 bits per heavy atom. The van der Waals surface area contributed by atoms with Gasteiger partial charge in [0.1, 0.15) is 0 Å². The quantitative estimate of drug-likeness (QED) is 0.632. The highest BCUT2D eigenvalue weighted by Crippen LogP contribution is 2.30. The molecule has 1 aliphatic heterocycles. The summed E-state index contributed by atoms with van der Waals surface area (Å²) in [5.41, 5.74) is 3.02. The normalized spacial score (nSPS) is 18.4. The maximum absolute atomic E-state index is 11.6. The van der Waals surface area contributed by atoms with E-state index >= 15 is 0 Å². The van der Waals surface area contributed by atoms with E-state index in [1.165, 1.54) is 7.11 Å². The second-order valence-electron chi connectivity index (χ2n) is 4.89.